The Hall–Kier alpha value is 0.270. The van der Waals surface area contributed by atoms with Crippen LogP contribution in [-0.2, 0) is 0 Å². The van der Waals surface area contributed by atoms with Crippen LogP contribution in [0.3, 0.4) is 0 Å². The second-order valence-corrected chi connectivity index (χ2v) is 4.78. The molecule has 0 aromatic heterocycles. The summed E-state index contributed by atoms with van der Waals surface area (Å²) < 4.78 is 0. The molecule has 3 heteroatoms. The van der Waals surface area contributed by atoms with Crippen LogP contribution in [0, 0.1) is 11.8 Å². The lowest BCUT2D eigenvalue weighted by Gasteiger charge is -2.19. The zero-order chi connectivity index (χ0) is 10.1. The highest BCUT2D eigenvalue weighted by Gasteiger charge is 2.09. The minimum Gasteiger partial charge on any atom is -0.330 e. The standard InChI is InChI=1S/C10H24N2S/c1-9(2)10(7-11)8-12-5-4-6-13-3/h9-10,12H,4-8,11H2,1-3H3. The van der Waals surface area contributed by atoms with Crippen LogP contribution < -0.4 is 11.1 Å². The van der Waals surface area contributed by atoms with Gasteiger partial charge in [-0.15, -0.1) is 0 Å². The third-order valence-electron chi connectivity index (χ3n) is 2.35. The van der Waals surface area contributed by atoms with E-state index in [2.05, 4.69) is 25.4 Å². The molecule has 0 aliphatic heterocycles. The van der Waals surface area contributed by atoms with Gasteiger partial charge in [-0.2, -0.15) is 11.8 Å². The molecule has 0 fully saturated rings. The Labute approximate surface area is 87.0 Å². The van der Waals surface area contributed by atoms with E-state index in [1.54, 1.807) is 0 Å². The lowest BCUT2D eigenvalue weighted by molar-refractivity contribution is 0.372. The third kappa shape index (κ3) is 7.35. The Balaban J connectivity index is 3.28. The van der Waals surface area contributed by atoms with Gasteiger partial charge >= 0.3 is 0 Å². The second kappa shape index (κ2) is 8.85. The maximum Gasteiger partial charge on any atom is -0.000600 e. The Morgan fingerprint density at radius 2 is 2.08 bits per heavy atom. The first kappa shape index (κ1) is 13.3. The zero-order valence-corrected chi connectivity index (χ0v) is 9.99. The van der Waals surface area contributed by atoms with E-state index < -0.39 is 0 Å². The number of rotatable bonds is 8. The van der Waals surface area contributed by atoms with E-state index in [-0.39, 0.29) is 0 Å². The second-order valence-electron chi connectivity index (χ2n) is 3.79. The molecule has 0 radical (unpaired) electrons. The van der Waals surface area contributed by atoms with Crippen molar-refractivity contribution >= 4 is 11.8 Å². The SMILES string of the molecule is CSCCCNCC(CN)C(C)C. The summed E-state index contributed by atoms with van der Waals surface area (Å²) in [7, 11) is 0. The molecule has 2 nitrogen and oxygen atoms in total. The van der Waals surface area contributed by atoms with Gasteiger partial charge in [0.2, 0.25) is 0 Å². The highest BCUT2D eigenvalue weighted by molar-refractivity contribution is 7.98. The molecular weight excluding hydrogens is 180 g/mol. The Kier molecular flexibility index (Phi) is 9.03. The summed E-state index contributed by atoms with van der Waals surface area (Å²) in [6, 6.07) is 0. The molecule has 1 unspecified atom stereocenters. The molecule has 0 saturated heterocycles. The van der Waals surface area contributed by atoms with Crippen molar-refractivity contribution in [2.24, 2.45) is 17.6 Å². The fourth-order valence-corrected chi connectivity index (χ4v) is 1.65. The van der Waals surface area contributed by atoms with Gasteiger partial charge in [0.25, 0.3) is 0 Å². The maximum atomic E-state index is 5.67. The Morgan fingerprint density at radius 1 is 1.38 bits per heavy atom. The van der Waals surface area contributed by atoms with Crippen LogP contribution in [0.2, 0.25) is 0 Å². The number of hydrogen-bond donors (Lipinski definition) is 2. The van der Waals surface area contributed by atoms with Gasteiger partial charge in [0, 0.05) is 0 Å². The number of hydrogen-bond acceptors (Lipinski definition) is 3. The van der Waals surface area contributed by atoms with Crippen molar-refractivity contribution in [3.63, 3.8) is 0 Å². The molecule has 0 aliphatic rings. The predicted molar refractivity (Wildman–Crippen MR) is 63.3 cm³/mol. The van der Waals surface area contributed by atoms with Crippen LogP contribution in [0.5, 0.6) is 0 Å². The minimum atomic E-state index is 0.634. The van der Waals surface area contributed by atoms with Gasteiger partial charge in [-0.1, -0.05) is 13.8 Å². The molecule has 0 saturated carbocycles. The van der Waals surface area contributed by atoms with E-state index in [9.17, 15) is 0 Å². The van der Waals surface area contributed by atoms with Gasteiger partial charge in [-0.3, -0.25) is 0 Å². The summed E-state index contributed by atoms with van der Waals surface area (Å²) in [5.74, 6) is 2.58. The van der Waals surface area contributed by atoms with Gasteiger partial charge in [0.15, 0.2) is 0 Å². The smallest absolute Gasteiger partial charge is 0.000600 e. The highest BCUT2D eigenvalue weighted by Crippen LogP contribution is 2.07. The van der Waals surface area contributed by atoms with Crippen LogP contribution in [0.15, 0.2) is 0 Å². The number of nitrogens with one attached hydrogen (secondary N) is 1. The van der Waals surface area contributed by atoms with E-state index >= 15 is 0 Å². The average Bonchev–Trinajstić information content (AvgIpc) is 2.10. The molecule has 0 aliphatic carbocycles. The quantitative estimate of drug-likeness (QED) is 0.589. The summed E-state index contributed by atoms with van der Waals surface area (Å²) in [4.78, 5) is 0. The maximum absolute atomic E-state index is 5.67. The molecule has 0 amide bonds. The van der Waals surface area contributed by atoms with Crippen molar-refractivity contribution in [3.05, 3.63) is 0 Å². The van der Waals surface area contributed by atoms with Crippen LogP contribution >= 0.6 is 11.8 Å². The molecule has 3 N–H and O–H groups in total. The van der Waals surface area contributed by atoms with Crippen molar-refractivity contribution in [2.45, 2.75) is 20.3 Å². The molecular formula is C10H24N2S. The first-order chi connectivity index (χ1) is 6.22. The van der Waals surface area contributed by atoms with Crippen molar-refractivity contribution in [1.29, 1.82) is 0 Å². The fraction of sp³-hybridized carbons (Fsp3) is 1.00. The summed E-state index contributed by atoms with van der Waals surface area (Å²) in [5, 5.41) is 3.46. The van der Waals surface area contributed by atoms with Crippen LogP contribution in [-0.4, -0.2) is 31.6 Å². The molecule has 0 aromatic carbocycles. The molecule has 0 rings (SSSR count). The van der Waals surface area contributed by atoms with E-state index in [4.69, 9.17) is 5.73 Å². The largest absolute Gasteiger partial charge is 0.330 e. The van der Waals surface area contributed by atoms with E-state index in [1.807, 2.05) is 11.8 Å². The van der Waals surface area contributed by atoms with Gasteiger partial charge in [-0.05, 0) is 49.9 Å². The summed E-state index contributed by atoms with van der Waals surface area (Å²) in [6.45, 7) is 7.47. The molecule has 0 aromatic rings. The van der Waals surface area contributed by atoms with Crippen molar-refractivity contribution < 1.29 is 0 Å². The highest BCUT2D eigenvalue weighted by atomic mass is 32.2. The number of nitrogens with two attached hydrogens (primary N) is 1. The first-order valence-electron chi connectivity index (χ1n) is 5.12. The average molecular weight is 204 g/mol. The van der Waals surface area contributed by atoms with Gasteiger partial charge in [-0.25, -0.2) is 0 Å². The van der Waals surface area contributed by atoms with Gasteiger partial charge in [0.1, 0.15) is 0 Å². The van der Waals surface area contributed by atoms with E-state index in [0.717, 1.165) is 19.6 Å². The Bertz CT molecular complexity index is 107. The molecule has 13 heavy (non-hydrogen) atoms. The molecule has 0 bridgehead atoms. The van der Waals surface area contributed by atoms with Crippen LogP contribution in [0.25, 0.3) is 0 Å². The monoisotopic (exact) mass is 204 g/mol. The minimum absolute atomic E-state index is 0.634. The van der Waals surface area contributed by atoms with Crippen molar-refractivity contribution in [3.8, 4) is 0 Å². The van der Waals surface area contributed by atoms with Crippen LogP contribution in [0.4, 0.5) is 0 Å². The summed E-state index contributed by atoms with van der Waals surface area (Å²) >= 11 is 1.91. The van der Waals surface area contributed by atoms with Crippen LogP contribution in [0.1, 0.15) is 20.3 Å². The molecule has 1 atom stereocenters. The Morgan fingerprint density at radius 3 is 2.54 bits per heavy atom. The van der Waals surface area contributed by atoms with Crippen molar-refractivity contribution in [1.82, 2.24) is 5.32 Å². The van der Waals surface area contributed by atoms with Gasteiger partial charge < -0.3 is 11.1 Å². The fourth-order valence-electron chi connectivity index (χ4n) is 1.22. The summed E-state index contributed by atoms with van der Waals surface area (Å²) in [5.41, 5.74) is 5.67. The molecule has 80 valence electrons. The van der Waals surface area contributed by atoms with E-state index in [1.165, 1.54) is 12.2 Å². The topological polar surface area (TPSA) is 38.0 Å². The third-order valence-corrected chi connectivity index (χ3v) is 3.05. The predicted octanol–water partition coefficient (Wildman–Crippen LogP) is 1.56. The molecule has 0 heterocycles. The zero-order valence-electron chi connectivity index (χ0n) is 9.18. The lowest BCUT2D eigenvalue weighted by Crippen LogP contribution is -2.32. The van der Waals surface area contributed by atoms with Gasteiger partial charge in [0.05, 0.1) is 0 Å². The normalized spacial score (nSPS) is 13.6. The van der Waals surface area contributed by atoms with Crippen molar-refractivity contribution in [2.75, 3.05) is 31.6 Å². The number of thioether (sulfide) groups is 1. The molecule has 0 spiro atoms. The lowest BCUT2D eigenvalue weighted by atomic mass is 9.96. The first-order valence-corrected chi connectivity index (χ1v) is 6.51. The van der Waals surface area contributed by atoms with E-state index in [0.29, 0.717) is 11.8 Å². The summed E-state index contributed by atoms with van der Waals surface area (Å²) in [6.07, 6.45) is 3.41.